The first-order valence-corrected chi connectivity index (χ1v) is 6.06. The van der Waals surface area contributed by atoms with Crippen molar-refractivity contribution in [3.05, 3.63) is 48.0 Å². The van der Waals surface area contributed by atoms with Crippen LogP contribution >= 0.6 is 0 Å². The normalized spacial score (nSPS) is 13.5. The van der Waals surface area contributed by atoms with Crippen molar-refractivity contribution in [1.29, 1.82) is 0 Å². The SMILES string of the molecule is CC(C)(C)C=C[C@H](Cc1ccccc1)OC(N)=O. The molecule has 0 spiro atoms. The van der Waals surface area contributed by atoms with Gasteiger partial charge in [0.1, 0.15) is 6.10 Å². The van der Waals surface area contributed by atoms with E-state index in [-0.39, 0.29) is 11.5 Å². The molecule has 1 rings (SSSR count). The van der Waals surface area contributed by atoms with Gasteiger partial charge in [-0.3, -0.25) is 0 Å². The predicted octanol–water partition coefficient (Wildman–Crippen LogP) is 3.30. The third-order valence-electron chi connectivity index (χ3n) is 2.36. The van der Waals surface area contributed by atoms with Crippen molar-refractivity contribution in [2.24, 2.45) is 11.1 Å². The average Bonchev–Trinajstić information content (AvgIpc) is 2.25. The second-order valence-electron chi connectivity index (χ2n) is 5.39. The average molecular weight is 247 g/mol. The van der Waals surface area contributed by atoms with Gasteiger partial charge in [-0.25, -0.2) is 4.79 Å². The number of nitrogens with two attached hydrogens (primary N) is 1. The summed E-state index contributed by atoms with van der Waals surface area (Å²) in [4.78, 5) is 10.9. The molecule has 0 unspecified atom stereocenters. The van der Waals surface area contributed by atoms with Crippen molar-refractivity contribution in [2.45, 2.75) is 33.3 Å². The number of carbonyl (C=O) groups is 1. The van der Waals surface area contributed by atoms with Gasteiger partial charge in [0.25, 0.3) is 0 Å². The Hall–Kier alpha value is -1.77. The summed E-state index contributed by atoms with van der Waals surface area (Å²) in [6.45, 7) is 6.27. The summed E-state index contributed by atoms with van der Waals surface area (Å²) in [5.74, 6) is 0. The summed E-state index contributed by atoms with van der Waals surface area (Å²) in [7, 11) is 0. The van der Waals surface area contributed by atoms with Gasteiger partial charge < -0.3 is 10.5 Å². The summed E-state index contributed by atoms with van der Waals surface area (Å²) >= 11 is 0. The Labute approximate surface area is 109 Å². The van der Waals surface area contributed by atoms with Crippen LogP contribution in [0.1, 0.15) is 26.3 Å². The highest BCUT2D eigenvalue weighted by atomic mass is 16.6. The molecule has 0 aliphatic rings. The Morgan fingerprint density at radius 3 is 2.44 bits per heavy atom. The summed E-state index contributed by atoms with van der Waals surface area (Å²) < 4.78 is 5.10. The smallest absolute Gasteiger partial charge is 0.405 e. The lowest BCUT2D eigenvalue weighted by molar-refractivity contribution is 0.129. The number of allylic oxidation sites excluding steroid dienone is 1. The third kappa shape index (κ3) is 6.09. The minimum atomic E-state index is -0.741. The van der Waals surface area contributed by atoms with Gasteiger partial charge >= 0.3 is 6.09 Å². The van der Waals surface area contributed by atoms with E-state index in [1.54, 1.807) is 0 Å². The fourth-order valence-corrected chi connectivity index (χ4v) is 1.54. The van der Waals surface area contributed by atoms with Gasteiger partial charge in [0.15, 0.2) is 0 Å². The summed E-state index contributed by atoms with van der Waals surface area (Å²) in [6, 6.07) is 9.89. The van der Waals surface area contributed by atoms with Crippen LogP contribution in [0.4, 0.5) is 4.79 Å². The molecule has 3 nitrogen and oxygen atoms in total. The fraction of sp³-hybridized carbons (Fsp3) is 0.400. The minimum Gasteiger partial charge on any atom is -0.442 e. The second kappa shape index (κ2) is 6.24. The number of ether oxygens (including phenoxy) is 1. The lowest BCUT2D eigenvalue weighted by atomic mass is 9.95. The maximum Gasteiger partial charge on any atom is 0.405 e. The van der Waals surface area contributed by atoms with Crippen LogP contribution in [-0.4, -0.2) is 12.2 Å². The molecule has 1 aromatic carbocycles. The van der Waals surface area contributed by atoms with Gasteiger partial charge in [-0.15, -0.1) is 0 Å². The molecule has 1 atom stereocenters. The predicted molar refractivity (Wildman–Crippen MR) is 73.2 cm³/mol. The highest BCUT2D eigenvalue weighted by Crippen LogP contribution is 2.16. The van der Waals surface area contributed by atoms with Crippen molar-refractivity contribution >= 4 is 6.09 Å². The number of amides is 1. The molecule has 0 saturated heterocycles. The molecule has 0 aromatic heterocycles. The van der Waals surface area contributed by atoms with E-state index in [0.29, 0.717) is 6.42 Å². The van der Waals surface area contributed by atoms with E-state index in [1.807, 2.05) is 42.5 Å². The standard InChI is InChI=1S/C15H21NO2/c1-15(2,3)10-9-13(18-14(16)17)11-12-7-5-4-6-8-12/h4-10,13H,11H2,1-3H3,(H2,16,17)/t13-/m1/s1. The largest absolute Gasteiger partial charge is 0.442 e. The van der Waals surface area contributed by atoms with E-state index in [9.17, 15) is 4.79 Å². The molecule has 0 fully saturated rings. The Bertz CT molecular complexity index is 404. The van der Waals surface area contributed by atoms with Crippen LogP contribution in [0.15, 0.2) is 42.5 Å². The topological polar surface area (TPSA) is 52.3 Å². The van der Waals surface area contributed by atoms with E-state index < -0.39 is 6.09 Å². The molecule has 3 heteroatoms. The molecule has 18 heavy (non-hydrogen) atoms. The Morgan fingerprint density at radius 1 is 1.33 bits per heavy atom. The van der Waals surface area contributed by atoms with Crippen molar-refractivity contribution in [1.82, 2.24) is 0 Å². The zero-order valence-corrected chi connectivity index (χ0v) is 11.2. The Balaban J connectivity index is 2.73. The van der Waals surface area contributed by atoms with E-state index in [2.05, 4.69) is 20.8 Å². The van der Waals surface area contributed by atoms with Gasteiger partial charge in [-0.2, -0.15) is 0 Å². The lowest BCUT2D eigenvalue weighted by Gasteiger charge is -2.16. The monoisotopic (exact) mass is 247 g/mol. The van der Waals surface area contributed by atoms with Gasteiger partial charge in [0.05, 0.1) is 0 Å². The van der Waals surface area contributed by atoms with Gasteiger partial charge in [0.2, 0.25) is 0 Å². The molecule has 0 aliphatic heterocycles. The Morgan fingerprint density at radius 2 is 1.94 bits per heavy atom. The van der Waals surface area contributed by atoms with Gasteiger partial charge in [0, 0.05) is 6.42 Å². The van der Waals surface area contributed by atoms with E-state index in [4.69, 9.17) is 10.5 Å². The van der Waals surface area contributed by atoms with E-state index in [0.717, 1.165) is 5.56 Å². The minimum absolute atomic E-state index is 0.0515. The maximum absolute atomic E-state index is 10.9. The highest BCUT2D eigenvalue weighted by molar-refractivity contribution is 5.65. The van der Waals surface area contributed by atoms with E-state index in [1.165, 1.54) is 0 Å². The maximum atomic E-state index is 10.9. The molecule has 0 heterocycles. The number of carbonyl (C=O) groups excluding carboxylic acids is 1. The second-order valence-corrected chi connectivity index (χ2v) is 5.39. The molecular weight excluding hydrogens is 226 g/mol. The first-order valence-electron chi connectivity index (χ1n) is 6.06. The van der Waals surface area contributed by atoms with Crippen LogP contribution in [0.3, 0.4) is 0 Å². The van der Waals surface area contributed by atoms with Crippen molar-refractivity contribution < 1.29 is 9.53 Å². The highest BCUT2D eigenvalue weighted by Gasteiger charge is 2.12. The van der Waals surface area contributed by atoms with E-state index >= 15 is 0 Å². The zero-order chi connectivity index (χ0) is 13.6. The number of rotatable bonds is 4. The molecule has 98 valence electrons. The number of hydrogen-bond donors (Lipinski definition) is 1. The number of hydrogen-bond acceptors (Lipinski definition) is 2. The molecule has 0 aliphatic carbocycles. The van der Waals surface area contributed by atoms with Crippen LogP contribution in [0.2, 0.25) is 0 Å². The van der Waals surface area contributed by atoms with Crippen molar-refractivity contribution in [3.63, 3.8) is 0 Å². The molecular formula is C15H21NO2. The van der Waals surface area contributed by atoms with Crippen LogP contribution < -0.4 is 5.73 Å². The molecule has 1 aromatic rings. The van der Waals surface area contributed by atoms with Crippen LogP contribution in [0, 0.1) is 5.41 Å². The van der Waals surface area contributed by atoms with Crippen molar-refractivity contribution in [2.75, 3.05) is 0 Å². The van der Waals surface area contributed by atoms with Crippen LogP contribution in [0.25, 0.3) is 0 Å². The van der Waals surface area contributed by atoms with Crippen LogP contribution in [-0.2, 0) is 11.2 Å². The summed E-state index contributed by atoms with van der Waals surface area (Å²) in [5.41, 5.74) is 6.26. The zero-order valence-electron chi connectivity index (χ0n) is 11.2. The summed E-state index contributed by atoms with van der Waals surface area (Å²) in [6.07, 6.45) is 3.51. The van der Waals surface area contributed by atoms with Crippen LogP contribution in [0.5, 0.6) is 0 Å². The molecule has 0 bridgehead atoms. The third-order valence-corrected chi connectivity index (χ3v) is 2.36. The Kier molecular flexibility index (Phi) is 4.95. The fourth-order valence-electron chi connectivity index (χ4n) is 1.54. The first-order chi connectivity index (χ1) is 8.37. The number of primary amides is 1. The molecule has 0 saturated carbocycles. The molecule has 2 N–H and O–H groups in total. The quantitative estimate of drug-likeness (QED) is 0.830. The lowest BCUT2D eigenvalue weighted by Crippen LogP contribution is -2.23. The van der Waals surface area contributed by atoms with Gasteiger partial charge in [-0.1, -0.05) is 57.2 Å². The number of benzene rings is 1. The van der Waals surface area contributed by atoms with Gasteiger partial charge in [-0.05, 0) is 17.1 Å². The first kappa shape index (κ1) is 14.3. The molecule has 0 radical (unpaired) electrons. The summed E-state index contributed by atoms with van der Waals surface area (Å²) in [5, 5.41) is 0. The molecule has 1 amide bonds. The van der Waals surface area contributed by atoms with Crippen molar-refractivity contribution in [3.8, 4) is 0 Å².